The Morgan fingerprint density at radius 3 is 0.863 bits per heavy atom. The number of aromatic hydroxyl groups is 4. The number of phenolic OH excluding ortho intramolecular Hbond substituents is 4. The molecule has 0 saturated heterocycles. The van der Waals surface area contributed by atoms with Crippen LogP contribution >= 0.6 is 0 Å². The van der Waals surface area contributed by atoms with Crippen molar-refractivity contribution in [3.8, 4) is 34.1 Å². The van der Waals surface area contributed by atoms with Crippen LogP contribution in [0.25, 0.3) is 11.1 Å². The summed E-state index contributed by atoms with van der Waals surface area (Å²) in [5.41, 5.74) is 1.39. The lowest BCUT2D eigenvalue weighted by Crippen LogP contribution is -2.07. The Morgan fingerprint density at radius 2 is 0.627 bits per heavy atom. The largest absolute Gasteiger partial charge is 0.507 e. The highest BCUT2D eigenvalue weighted by molar-refractivity contribution is 7.86. The van der Waals surface area contributed by atoms with Gasteiger partial charge in [-0.1, -0.05) is 29.8 Å². The second-order valence-corrected chi connectivity index (χ2v) is 16.7. The van der Waals surface area contributed by atoms with Crippen LogP contribution in [0.1, 0.15) is 50.1 Å². The van der Waals surface area contributed by atoms with E-state index in [9.17, 15) is 59.3 Å². The zero-order valence-electron chi connectivity index (χ0n) is 26.6. The van der Waals surface area contributed by atoms with E-state index >= 15 is 0 Å². The summed E-state index contributed by atoms with van der Waals surface area (Å²) < 4.78 is 104. The molecule has 266 valence electrons. The summed E-state index contributed by atoms with van der Waals surface area (Å²) in [6.07, 6.45) is -1.81. The maximum atomic E-state index is 12.4. The summed E-state index contributed by atoms with van der Waals surface area (Å²) in [6, 6.07) is 16.0. The van der Waals surface area contributed by atoms with Gasteiger partial charge in [-0.15, -0.1) is 0 Å². The molecule has 0 unspecified atom stereocenters. The molecule has 0 radical (unpaired) electrons. The second kappa shape index (κ2) is 12.7. The summed E-state index contributed by atoms with van der Waals surface area (Å²) in [4.78, 5) is -2.03. The molecule has 0 heterocycles. The average molecular weight is 755 g/mol. The first-order valence-electron chi connectivity index (χ1n) is 15.1. The first kappa shape index (κ1) is 35.8. The van der Waals surface area contributed by atoms with Crippen LogP contribution in [0.15, 0.2) is 87.5 Å². The molecule has 0 fully saturated rings. The molecule has 13 nitrogen and oxygen atoms in total. The van der Waals surface area contributed by atoms with Gasteiger partial charge in [-0.25, -0.2) is 0 Å². The number of phenols is 4. The molecule has 0 aromatic heterocycles. The van der Waals surface area contributed by atoms with Crippen LogP contribution < -0.4 is 0 Å². The second-order valence-electron chi connectivity index (χ2n) is 12.4. The van der Waals surface area contributed by atoms with Crippen molar-refractivity contribution >= 4 is 30.4 Å². The molecule has 8 bridgehead atoms. The standard InChI is InChI=1S/C35H30O13S3/c1-18-2-4-19(5-3-18)20-6-21-8-23-12-29(49(40,41)42)14-25(33(23)37)10-27-16-31(51(46,47)48)17-28(35(27)39)11-26-15-30(50(43,44)45)13-24(34(26)38)9-22(7-20)32(21)36/h2-7,12-17,36-39H,8-11H2,1H3,(H,40,41,42)(H,43,44,45)(H,46,47,48). The van der Waals surface area contributed by atoms with E-state index in [4.69, 9.17) is 0 Å². The highest BCUT2D eigenvalue weighted by atomic mass is 32.2. The van der Waals surface area contributed by atoms with Gasteiger partial charge in [-0.3, -0.25) is 13.7 Å². The molecule has 0 spiro atoms. The highest BCUT2D eigenvalue weighted by Gasteiger charge is 2.26. The fourth-order valence-electron chi connectivity index (χ4n) is 6.20. The minimum atomic E-state index is -4.96. The maximum absolute atomic E-state index is 12.4. The number of hydrogen-bond acceptors (Lipinski definition) is 10. The van der Waals surface area contributed by atoms with Crippen molar-refractivity contribution in [1.29, 1.82) is 0 Å². The van der Waals surface area contributed by atoms with Crippen molar-refractivity contribution in [3.05, 3.63) is 123 Å². The smallest absolute Gasteiger partial charge is 0.294 e. The molecule has 6 rings (SSSR count). The van der Waals surface area contributed by atoms with Crippen LogP contribution in [0.4, 0.5) is 0 Å². The Kier molecular flexibility index (Phi) is 8.90. The van der Waals surface area contributed by atoms with E-state index in [1.807, 2.05) is 31.2 Å². The maximum Gasteiger partial charge on any atom is 0.294 e. The average Bonchev–Trinajstić information content (AvgIpc) is 3.02. The van der Waals surface area contributed by atoms with Crippen LogP contribution in [0, 0.1) is 6.92 Å². The first-order chi connectivity index (χ1) is 23.7. The number of benzene rings is 5. The highest BCUT2D eigenvalue weighted by Crippen LogP contribution is 2.41. The Labute approximate surface area is 293 Å². The SMILES string of the molecule is Cc1ccc(-c2cc3c(O)c(c2)Cc2cc(S(=O)(=O)O)cc(c2O)Cc2cc(S(=O)(=O)O)cc(c2O)Cc2cc(S(=O)(=O)O)cc(c2O)C3)cc1. The Bertz CT molecular complexity index is 2460. The zero-order valence-corrected chi connectivity index (χ0v) is 29.0. The van der Waals surface area contributed by atoms with Gasteiger partial charge in [0.2, 0.25) is 0 Å². The number of rotatable bonds is 4. The summed E-state index contributed by atoms with van der Waals surface area (Å²) in [5, 5.41) is 45.9. The van der Waals surface area contributed by atoms with Gasteiger partial charge in [0.05, 0.1) is 14.7 Å². The summed E-state index contributed by atoms with van der Waals surface area (Å²) in [7, 11) is -14.8. The molecule has 0 saturated carbocycles. The molecule has 1 aliphatic rings. The van der Waals surface area contributed by atoms with E-state index in [2.05, 4.69) is 0 Å². The lowest BCUT2D eigenvalue weighted by molar-refractivity contribution is 0.449. The molecule has 0 aliphatic heterocycles. The van der Waals surface area contributed by atoms with E-state index in [1.54, 1.807) is 12.1 Å². The van der Waals surface area contributed by atoms with Crippen molar-refractivity contribution in [2.45, 2.75) is 47.3 Å². The van der Waals surface area contributed by atoms with Crippen LogP contribution in [-0.2, 0) is 56.0 Å². The molecule has 16 heteroatoms. The lowest BCUT2D eigenvalue weighted by Gasteiger charge is -2.19. The third-order valence-corrected chi connectivity index (χ3v) is 11.3. The van der Waals surface area contributed by atoms with Gasteiger partial charge < -0.3 is 20.4 Å². The van der Waals surface area contributed by atoms with Gasteiger partial charge in [0.25, 0.3) is 30.4 Å². The van der Waals surface area contributed by atoms with E-state index in [-0.39, 0.29) is 63.1 Å². The minimum Gasteiger partial charge on any atom is -0.507 e. The molecule has 51 heavy (non-hydrogen) atoms. The fraction of sp³-hybridized carbons (Fsp3) is 0.143. The number of hydrogen-bond donors (Lipinski definition) is 7. The van der Waals surface area contributed by atoms with E-state index < -0.39 is 75.1 Å². The quantitative estimate of drug-likeness (QED) is 0.119. The molecule has 5 aromatic carbocycles. The Hall–Kier alpha value is -4.97. The summed E-state index contributed by atoms with van der Waals surface area (Å²) >= 11 is 0. The van der Waals surface area contributed by atoms with Crippen LogP contribution in [0.2, 0.25) is 0 Å². The molecule has 7 N–H and O–H groups in total. The topological polar surface area (TPSA) is 244 Å². The van der Waals surface area contributed by atoms with Gasteiger partial charge in [-0.05, 0) is 77.7 Å². The van der Waals surface area contributed by atoms with Crippen LogP contribution in [0.3, 0.4) is 0 Å². The van der Waals surface area contributed by atoms with Gasteiger partial charge in [0.15, 0.2) is 0 Å². The van der Waals surface area contributed by atoms with Gasteiger partial charge in [0, 0.05) is 59.1 Å². The minimum absolute atomic E-state index is 0.0984. The van der Waals surface area contributed by atoms with E-state index in [0.717, 1.165) is 42.0 Å². The fourth-order valence-corrected chi connectivity index (χ4v) is 7.95. The number of aryl methyl sites for hydroxylation is 1. The molecule has 1 aliphatic carbocycles. The van der Waals surface area contributed by atoms with Crippen LogP contribution in [0.5, 0.6) is 23.0 Å². The predicted molar refractivity (Wildman–Crippen MR) is 183 cm³/mol. The van der Waals surface area contributed by atoms with Crippen molar-refractivity contribution in [2.75, 3.05) is 0 Å². The normalized spacial score (nSPS) is 13.6. The monoisotopic (exact) mass is 754 g/mol. The zero-order chi connectivity index (χ0) is 37.2. The number of fused-ring (bicyclic) bond motifs is 8. The van der Waals surface area contributed by atoms with E-state index in [1.165, 1.54) is 0 Å². The third-order valence-electron chi connectivity index (χ3n) is 8.79. The molecule has 0 amide bonds. The molecule has 5 aromatic rings. The summed E-state index contributed by atoms with van der Waals surface area (Å²) in [5.74, 6) is -1.98. The summed E-state index contributed by atoms with van der Waals surface area (Å²) in [6.45, 7) is 1.89. The Balaban J connectivity index is 1.71. The molecular formula is C35H30O13S3. The molecule has 0 atom stereocenters. The van der Waals surface area contributed by atoms with Gasteiger partial charge in [0.1, 0.15) is 23.0 Å². The lowest BCUT2D eigenvalue weighted by atomic mass is 9.89. The van der Waals surface area contributed by atoms with Crippen LogP contribution in [-0.4, -0.2) is 59.3 Å². The van der Waals surface area contributed by atoms with Gasteiger partial charge >= 0.3 is 0 Å². The third kappa shape index (κ3) is 7.28. The van der Waals surface area contributed by atoms with Crippen molar-refractivity contribution in [1.82, 2.24) is 0 Å². The first-order valence-corrected chi connectivity index (χ1v) is 19.4. The van der Waals surface area contributed by atoms with Crippen molar-refractivity contribution in [3.63, 3.8) is 0 Å². The van der Waals surface area contributed by atoms with Crippen molar-refractivity contribution < 1.29 is 59.3 Å². The van der Waals surface area contributed by atoms with Gasteiger partial charge in [-0.2, -0.15) is 25.3 Å². The van der Waals surface area contributed by atoms with Crippen molar-refractivity contribution in [2.24, 2.45) is 0 Å². The predicted octanol–water partition coefficient (Wildman–Crippen LogP) is 4.90. The Morgan fingerprint density at radius 1 is 0.392 bits per heavy atom. The van der Waals surface area contributed by atoms with E-state index in [0.29, 0.717) is 11.1 Å². The molecular weight excluding hydrogens is 725 g/mol.